The zero-order valence-corrected chi connectivity index (χ0v) is 12.6. The van der Waals surface area contributed by atoms with Crippen molar-refractivity contribution in [1.29, 1.82) is 0 Å². The molecular formula is C15H10F3N3OS. The summed E-state index contributed by atoms with van der Waals surface area (Å²) in [6.45, 7) is 1.78. The maximum atomic E-state index is 12.6. The van der Waals surface area contributed by atoms with E-state index in [2.05, 4.69) is 15.0 Å². The summed E-state index contributed by atoms with van der Waals surface area (Å²) >= 11 is 1.30. The number of hydrogen-bond donors (Lipinski definition) is 1. The molecule has 0 bridgehead atoms. The van der Waals surface area contributed by atoms with Crippen LogP contribution in [0, 0.1) is 6.92 Å². The predicted molar refractivity (Wildman–Crippen MR) is 81.1 cm³/mol. The lowest BCUT2D eigenvalue weighted by Crippen LogP contribution is -2.09. The Morgan fingerprint density at radius 3 is 2.43 bits per heavy atom. The number of H-pyrrole nitrogens is 1. The highest BCUT2D eigenvalue weighted by atomic mass is 32.1. The van der Waals surface area contributed by atoms with Gasteiger partial charge in [-0.25, -0.2) is 14.8 Å². The van der Waals surface area contributed by atoms with Gasteiger partial charge in [0.2, 0.25) is 0 Å². The van der Waals surface area contributed by atoms with Gasteiger partial charge >= 0.3 is 11.9 Å². The monoisotopic (exact) mass is 337 g/mol. The molecule has 118 valence electrons. The van der Waals surface area contributed by atoms with Gasteiger partial charge in [-0.05, 0) is 25.1 Å². The number of halogens is 3. The van der Waals surface area contributed by atoms with Crippen molar-refractivity contribution in [1.82, 2.24) is 15.0 Å². The highest BCUT2D eigenvalue weighted by Gasteiger charge is 2.30. The quantitative estimate of drug-likeness (QED) is 0.772. The SMILES string of the molecule is Cc1nc(-c2ccc(C(F)(F)F)cc2)sc1-c1ccnc(=O)[nH]1. The molecule has 0 fully saturated rings. The lowest BCUT2D eigenvalue weighted by molar-refractivity contribution is -0.137. The third-order valence-corrected chi connectivity index (χ3v) is 4.41. The van der Waals surface area contributed by atoms with E-state index in [1.807, 2.05) is 0 Å². The van der Waals surface area contributed by atoms with E-state index in [0.717, 1.165) is 17.0 Å². The van der Waals surface area contributed by atoms with Crippen molar-refractivity contribution in [3.63, 3.8) is 0 Å². The van der Waals surface area contributed by atoms with Crippen LogP contribution in [0.4, 0.5) is 13.2 Å². The van der Waals surface area contributed by atoms with Crippen LogP contribution in [0.1, 0.15) is 11.3 Å². The summed E-state index contributed by atoms with van der Waals surface area (Å²) in [6.07, 6.45) is -2.97. The van der Waals surface area contributed by atoms with Gasteiger partial charge in [0.15, 0.2) is 0 Å². The number of rotatable bonds is 2. The zero-order chi connectivity index (χ0) is 16.6. The number of aromatic amines is 1. The topological polar surface area (TPSA) is 58.6 Å². The fourth-order valence-electron chi connectivity index (χ4n) is 2.07. The van der Waals surface area contributed by atoms with Gasteiger partial charge in [0.1, 0.15) is 5.01 Å². The number of aromatic nitrogens is 3. The number of thiazole rings is 1. The second-order valence-corrected chi connectivity index (χ2v) is 5.80. The number of alkyl halides is 3. The molecule has 0 aliphatic rings. The van der Waals surface area contributed by atoms with Gasteiger partial charge in [-0.2, -0.15) is 13.2 Å². The number of nitrogens with one attached hydrogen (secondary N) is 1. The summed E-state index contributed by atoms with van der Waals surface area (Å²) in [5.41, 5.74) is 0.693. The lowest BCUT2D eigenvalue weighted by atomic mass is 10.1. The smallest absolute Gasteiger partial charge is 0.305 e. The maximum absolute atomic E-state index is 12.6. The van der Waals surface area contributed by atoms with Gasteiger partial charge in [-0.3, -0.25) is 0 Å². The largest absolute Gasteiger partial charge is 0.416 e. The molecule has 3 rings (SSSR count). The first-order valence-corrected chi connectivity index (χ1v) is 7.37. The Morgan fingerprint density at radius 2 is 1.83 bits per heavy atom. The van der Waals surface area contributed by atoms with Gasteiger partial charge in [0.25, 0.3) is 0 Å². The standard InChI is InChI=1S/C15H10F3N3OS/c1-8-12(11-6-7-19-14(22)21-11)23-13(20-8)9-2-4-10(5-3-9)15(16,17)18/h2-7H,1H3,(H,19,21,22). The van der Waals surface area contributed by atoms with E-state index in [-0.39, 0.29) is 0 Å². The molecule has 0 amide bonds. The molecule has 0 atom stereocenters. The Balaban J connectivity index is 1.99. The van der Waals surface area contributed by atoms with Crippen LogP contribution in [0.15, 0.2) is 41.3 Å². The van der Waals surface area contributed by atoms with Crippen LogP contribution in [0.2, 0.25) is 0 Å². The highest BCUT2D eigenvalue weighted by molar-refractivity contribution is 7.18. The van der Waals surface area contributed by atoms with Crippen molar-refractivity contribution in [2.24, 2.45) is 0 Å². The maximum Gasteiger partial charge on any atom is 0.416 e. The molecule has 0 saturated heterocycles. The molecule has 4 nitrogen and oxygen atoms in total. The first-order valence-electron chi connectivity index (χ1n) is 6.55. The minimum atomic E-state index is -4.36. The summed E-state index contributed by atoms with van der Waals surface area (Å²) < 4.78 is 37.8. The van der Waals surface area contributed by atoms with Crippen molar-refractivity contribution in [2.45, 2.75) is 13.1 Å². The number of hydrogen-bond acceptors (Lipinski definition) is 4. The van der Waals surface area contributed by atoms with Gasteiger partial charge in [0, 0.05) is 11.8 Å². The molecule has 0 radical (unpaired) electrons. The number of benzene rings is 1. The van der Waals surface area contributed by atoms with E-state index in [4.69, 9.17) is 0 Å². The van der Waals surface area contributed by atoms with Crippen molar-refractivity contribution in [3.05, 3.63) is 58.3 Å². The zero-order valence-electron chi connectivity index (χ0n) is 11.8. The first kappa shape index (κ1) is 15.4. The third-order valence-electron chi connectivity index (χ3n) is 3.17. The summed E-state index contributed by atoms with van der Waals surface area (Å²) in [4.78, 5) is 22.6. The van der Waals surface area contributed by atoms with Gasteiger partial charge < -0.3 is 4.98 Å². The minimum Gasteiger partial charge on any atom is -0.305 e. The predicted octanol–water partition coefficient (Wildman–Crippen LogP) is 3.89. The van der Waals surface area contributed by atoms with Gasteiger partial charge in [-0.15, -0.1) is 11.3 Å². The molecule has 0 unspecified atom stereocenters. The van der Waals surface area contributed by atoms with E-state index in [0.29, 0.717) is 22.0 Å². The van der Waals surface area contributed by atoms with Crippen LogP contribution < -0.4 is 5.69 Å². The van der Waals surface area contributed by atoms with Crippen molar-refractivity contribution >= 4 is 11.3 Å². The van der Waals surface area contributed by atoms with E-state index in [1.165, 1.54) is 29.7 Å². The van der Waals surface area contributed by atoms with E-state index >= 15 is 0 Å². The van der Waals surface area contributed by atoms with Crippen LogP contribution in [0.3, 0.4) is 0 Å². The van der Waals surface area contributed by atoms with Crippen LogP contribution >= 0.6 is 11.3 Å². The third kappa shape index (κ3) is 3.16. The van der Waals surface area contributed by atoms with Crippen molar-refractivity contribution < 1.29 is 13.2 Å². The Labute approximate surface area is 132 Å². The van der Waals surface area contributed by atoms with Crippen LogP contribution in [0.25, 0.3) is 21.1 Å². The molecule has 8 heteroatoms. The fraction of sp³-hybridized carbons (Fsp3) is 0.133. The van der Waals surface area contributed by atoms with E-state index in [1.54, 1.807) is 13.0 Å². The molecule has 1 N–H and O–H groups in total. The summed E-state index contributed by atoms with van der Waals surface area (Å²) in [7, 11) is 0. The Morgan fingerprint density at radius 1 is 1.13 bits per heavy atom. The normalized spacial score (nSPS) is 11.7. The molecule has 2 heterocycles. The molecule has 1 aromatic carbocycles. The number of aryl methyl sites for hydroxylation is 1. The van der Waals surface area contributed by atoms with Gasteiger partial charge in [0.05, 0.1) is 21.8 Å². The molecule has 0 saturated carbocycles. The summed E-state index contributed by atoms with van der Waals surface area (Å²) in [6, 6.07) is 6.49. The van der Waals surface area contributed by atoms with Gasteiger partial charge in [-0.1, -0.05) is 12.1 Å². The second-order valence-electron chi connectivity index (χ2n) is 4.80. The molecule has 3 aromatic rings. The highest BCUT2D eigenvalue weighted by Crippen LogP contribution is 2.35. The van der Waals surface area contributed by atoms with Crippen LogP contribution in [-0.2, 0) is 6.18 Å². The van der Waals surface area contributed by atoms with Crippen molar-refractivity contribution in [2.75, 3.05) is 0 Å². The molecule has 23 heavy (non-hydrogen) atoms. The molecular weight excluding hydrogens is 327 g/mol. The Hall–Kier alpha value is -2.48. The molecule has 2 aromatic heterocycles. The first-order chi connectivity index (χ1) is 10.8. The Kier molecular flexibility index (Phi) is 3.77. The molecule has 0 spiro atoms. The second kappa shape index (κ2) is 5.62. The van der Waals surface area contributed by atoms with Crippen LogP contribution in [-0.4, -0.2) is 15.0 Å². The summed E-state index contributed by atoms with van der Waals surface area (Å²) in [5.74, 6) is 0. The minimum absolute atomic E-state index is 0.466. The molecule has 0 aliphatic heterocycles. The molecule has 0 aliphatic carbocycles. The van der Waals surface area contributed by atoms with Crippen LogP contribution in [0.5, 0.6) is 0 Å². The Bertz CT molecular complexity index is 897. The van der Waals surface area contributed by atoms with Crippen molar-refractivity contribution in [3.8, 4) is 21.1 Å². The lowest BCUT2D eigenvalue weighted by Gasteiger charge is -2.06. The average Bonchev–Trinajstić information content (AvgIpc) is 2.88. The van der Waals surface area contributed by atoms with E-state index < -0.39 is 17.4 Å². The number of nitrogens with zero attached hydrogens (tertiary/aromatic N) is 2. The average molecular weight is 337 g/mol. The van der Waals surface area contributed by atoms with E-state index in [9.17, 15) is 18.0 Å². The summed E-state index contributed by atoms with van der Waals surface area (Å²) in [5, 5.41) is 0.587. The fourth-order valence-corrected chi connectivity index (χ4v) is 3.12.